The second kappa shape index (κ2) is 8.76. The molecule has 0 aliphatic heterocycles. The van der Waals surface area contributed by atoms with Crippen molar-refractivity contribution in [3.8, 4) is 0 Å². The number of fused-ring (bicyclic) bond motifs is 1. The van der Waals surface area contributed by atoms with E-state index in [1.165, 1.54) is 30.4 Å². The van der Waals surface area contributed by atoms with Crippen molar-refractivity contribution in [2.24, 2.45) is 5.92 Å². The van der Waals surface area contributed by atoms with Gasteiger partial charge in [0.2, 0.25) is 0 Å². The predicted molar refractivity (Wildman–Crippen MR) is 105 cm³/mol. The summed E-state index contributed by atoms with van der Waals surface area (Å²) in [6.45, 7) is 6.00. The van der Waals surface area contributed by atoms with Crippen molar-refractivity contribution >= 4 is 34.5 Å². The molecular formula is C17H22N8OS. The molecule has 3 rings (SSSR count). The van der Waals surface area contributed by atoms with E-state index in [1.54, 1.807) is 10.9 Å². The van der Waals surface area contributed by atoms with Crippen LogP contribution in [0.25, 0.3) is 11.0 Å². The van der Waals surface area contributed by atoms with Crippen molar-refractivity contribution < 1.29 is 4.79 Å². The molecule has 0 unspecified atom stereocenters. The Morgan fingerprint density at radius 2 is 2.11 bits per heavy atom. The molecule has 0 bridgehead atoms. The van der Waals surface area contributed by atoms with Gasteiger partial charge in [-0.3, -0.25) is 9.78 Å². The molecule has 0 fully saturated rings. The SMILES string of the molecule is CSc1nc(NCC(C)C)c2cnn(CCNC(=O)c3cnccn3)c2n1. The third kappa shape index (κ3) is 4.70. The monoisotopic (exact) mass is 386 g/mol. The average molecular weight is 386 g/mol. The minimum Gasteiger partial charge on any atom is -0.369 e. The lowest BCUT2D eigenvalue weighted by molar-refractivity contribution is 0.0946. The summed E-state index contributed by atoms with van der Waals surface area (Å²) in [4.78, 5) is 29.1. The van der Waals surface area contributed by atoms with E-state index in [1.807, 2.05) is 6.26 Å². The van der Waals surface area contributed by atoms with E-state index in [0.29, 0.717) is 24.2 Å². The molecule has 0 saturated carbocycles. The van der Waals surface area contributed by atoms with Gasteiger partial charge in [-0.2, -0.15) is 5.10 Å². The highest BCUT2D eigenvalue weighted by atomic mass is 32.2. The number of hydrogen-bond donors (Lipinski definition) is 2. The maximum atomic E-state index is 12.1. The molecule has 1 amide bonds. The summed E-state index contributed by atoms with van der Waals surface area (Å²) in [6, 6.07) is 0. The molecule has 0 saturated heterocycles. The van der Waals surface area contributed by atoms with Gasteiger partial charge in [0, 0.05) is 25.5 Å². The lowest BCUT2D eigenvalue weighted by Gasteiger charge is -2.10. The van der Waals surface area contributed by atoms with Crippen molar-refractivity contribution in [2.75, 3.05) is 24.7 Å². The number of carbonyl (C=O) groups excluding carboxylic acids is 1. The van der Waals surface area contributed by atoms with Crippen LogP contribution in [-0.4, -0.2) is 55.0 Å². The van der Waals surface area contributed by atoms with Crippen LogP contribution in [0.5, 0.6) is 0 Å². The first-order valence-corrected chi connectivity index (χ1v) is 9.86. The zero-order valence-electron chi connectivity index (χ0n) is 15.5. The van der Waals surface area contributed by atoms with Gasteiger partial charge in [0.15, 0.2) is 10.8 Å². The Balaban J connectivity index is 1.73. The fourth-order valence-electron chi connectivity index (χ4n) is 2.41. The van der Waals surface area contributed by atoms with Crippen molar-refractivity contribution in [3.63, 3.8) is 0 Å². The molecule has 0 aromatic carbocycles. The number of rotatable bonds is 8. The number of hydrogen-bond acceptors (Lipinski definition) is 8. The minimum atomic E-state index is -0.265. The molecule has 9 nitrogen and oxygen atoms in total. The van der Waals surface area contributed by atoms with Gasteiger partial charge < -0.3 is 10.6 Å². The Bertz CT molecular complexity index is 912. The van der Waals surface area contributed by atoms with Crippen LogP contribution in [0.3, 0.4) is 0 Å². The highest BCUT2D eigenvalue weighted by Crippen LogP contribution is 2.23. The van der Waals surface area contributed by atoms with Crippen LogP contribution in [-0.2, 0) is 6.54 Å². The molecule has 10 heteroatoms. The normalized spacial score (nSPS) is 11.1. The Hall–Kier alpha value is -2.75. The highest BCUT2D eigenvalue weighted by Gasteiger charge is 2.13. The van der Waals surface area contributed by atoms with Gasteiger partial charge in [-0.25, -0.2) is 19.6 Å². The zero-order valence-corrected chi connectivity index (χ0v) is 16.3. The van der Waals surface area contributed by atoms with Gasteiger partial charge in [0.05, 0.1) is 24.3 Å². The first kappa shape index (κ1) is 19.0. The summed E-state index contributed by atoms with van der Waals surface area (Å²) >= 11 is 1.48. The number of anilines is 1. The average Bonchev–Trinajstić information content (AvgIpc) is 3.09. The second-order valence-electron chi connectivity index (χ2n) is 6.29. The van der Waals surface area contributed by atoms with E-state index in [-0.39, 0.29) is 11.6 Å². The first-order valence-electron chi connectivity index (χ1n) is 8.64. The molecule has 0 aliphatic carbocycles. The summed E-state index contributed by atoms with van der Waals surface area (Å²) in [5, 5.41) is 12.1. The van der Waals surface area contributed by atoms with E-state index in [2.05, 4.69) is 49.5 Å². The second-order valence-corrected chi connectivity index (χ2v) is 7.06. The molecule has 3 aromatic heterocycles. The number of amides is 1. The van der Waals surface area contributed by atoms with E-state index in [4.69, 9.17) is 0 Å². The highest BCUT2D eigenvalue weighted by molar-refractivity contribution is 7.98. The van der Waals surface area contributed by atoms with E-state index >= 15 is 0 Å². The van der Waals surface area contributed by atoms with Gasteiger partial charge in [0.1, 0.15) is 11.5 Å². The van der Waals surface area contributed by atoms with Crippen LogP contribution in [0.2, 0.25) is 0 Å². The molecule has 3 heterocycles. The summed E-state index contributed by atoms with van der Waals surface area (Å²) in [6.07, 6.45) is 8.15. The summed E-state index contributed by atoms with van der Waals surface area (Å²) in [7, 11) is 0. The Labute approximate surface area is 161 Å². The third-order valence-corrected chi connectivity index (χ3v) is 4.29. The van der Waals surface area contributed by atoms with Crippen molar-refractivity contribution in [3.05, 3.63) is 30.5 Å². The maximum Gasteiger partial charge on any atom is 0.271 e. The van der Waals surface area contributed by atoms with Crippen LogP contribution < -0.4 is 10.6 Å². The predicted octanol–water partition coefficient (Wildman–Crippen LogP) is 1.84. The number of thioether (sulfide) groups is 1. The molecule has 142 valence electrons. The van der Waals surface area contributed by atoms with Gasteiger partial charge in [0.25, 0.3) is 5.91 Å². The third-order valence-electron chi connectivity index (χ3n) is 3.74. The zero-order chi connectivity index (χ0) is 19.2. The smallest absolute Gasteiger partial charge is 0.271 e. The van der Waals surface area contributed by atoms with Crippen molar-refractivity contribution in [2.45, 2.75) is 25.5 Å². The largest absolute Gasteiger partial charge is 0.369 e. The van der Waals surface area contributed by atoms with E-state index < -0.39 is 0 Å². The van der Waals surface area contributed by atoms with Crippen LogP contribution in [0.15, 0.2) is 29.9 Å². The summed E-state index contributed by atoms with van der Waals surface area (Å²) in [5.41, 5.74) is 1.03. The van der Waals surface area contributed by atoms with Crippen LogP contribution in [0.1, 0.15) is 24.3 Å². The molecule has 2 N–H and O–H groups in total. The first-order chi connectivity index (χ1) is 13.1. The summed E-state index contributed by atoms with van der Waals surface area (Å²) in [5.74, 6) is 1.02. The standard InChI is InChI=1S/C17H22N8OS/c1-11(2)8-21-14-12-9-22-25(15(12)24-17(23-14)27-3)7-6-20-16(26)13-10-18-4-5-19-13/h4-5,9-11H,6-8H2,1-3H3,(H,20,26)(H,21,23,24). The number of aromatic nitrogens is 6. The van der Waals surface area contributed by atoms with Crippen LogP contribution in [0.4, 0.5) is 5.82 Å². The fraction of sp³-hybridized carbons (Fsp3) is 0.412. The number of nitrogens with one attached hydrogen (secondary N) is 2. The number of carbonyl (C=O) groups is 1. The Morgan fingerprint density at radius 1 is 1.26 bits per heavy atom. The van der Waals surface area contributed by atoms with Crippen LogP contribution in [0, 0.1) is 5.92 Å². The van der Waals surface area contributed by atoms with Crippen LogP contribution >= 0.6 is 11.8 Å². The van der Waals surface area contributed by atoms with Crippen molar-refractivity contribution in [1.29, 1.82) is 0 Å². The molecule has 0 radical (unpaired) electrons. The maximum absolute atomic E-state index is 12.1. The topological polar surface area (TPSA) is 111 Å². The molecule has 0 spiro atoms. The minimum absolute atomic E-state index is 0.265. The van der Waals surface area contributed by atoms with Gasteiger partial charge in [-0.15, -0.1) is 0 Å². The van der Waals surface area contributed by atoms with Crippen molar-refractivity contribution in [1.82, 2.24) is 35.0 Å². The Morgan fingerprint density at radius 3 is 2.81 bits per heavy atom. The molecular weight excluding hydrogens is 364 g/mol. The molecule has 3 aromatic rings. The molecule has 0 atom stereocenters. The van der Waals surface area contributed by atoms with E-state index in [9.17, 15) is 4.79 Å². The van der Waals surface area contributed by atoms with E-state index in [0.717, 1.165) is 23.4 Å². The molecule has 27 heavy (non-hydrogen) atoms. The quantitative estimate of drug-likeness (QED) is 0.446. The van der Waals surface area contributed by atoms with Gasteiger partial charge >= 0.3 is 0 Å². The van der Waals surface area contributed by atoms with Gasteiger partial charge in [-0.1, -0.05) is 25.6 Å². The lowest BCUT2D eigenvalue weighted by Crippen LogP contribution is -2.28. The summed E-state index contributed by atoms with van der Waals surface area (Å²) < 4.78 is 1.77. The fourth-order valence-corrected chi connectivity index (χ4v) is 2.77. The number of nitrogens with zero attached hydrogens (tertiary/aromatic N) is 6. The lowest BCUT2D eigenvalue weighted by atomic mass is 10.2. The van der Waals surface area contributed by atoms with Gasteiger partial charge in [-0.05, 0) is 12.2 Å². The Kier molecular flexibility index (Phi) is 6.17. The molecule has 0 aliphatic rings.